The zero-order valence-corrected chi connectivity index (χ0v) is 39.5. The van der Waals surface area contributed by atoms with Crippen LogP contribution in [0.15, 0.2) is 237 Å². The van der Waals surface area contributed by atoms with Crippen molar-refractivity contribution in [1.29, 1.82) is 0 Å². The van der Waals surface area contributed by atoms with Gasteiger partial charge in [0.05, 0.1) is 31.7 Å². The summed E-state index contributed by atoms with van der Waals surface area (Å²) in [5, 5.41) is 3.73. The van der Waals surface area contributed by atoms with Crippen molar-refractivity contribution in [2.45, 2.75) is 0 Å². The fourth-order valence-corrected chi connectivity index (χ4v) is 12.6. The van der Waals surface area contributed by atoms with Crippen LogP contribution in [0.3, 0.4) is 0 Å². The second-order valence-electron chi connectivity index (χ2n) is 17.2. The summed E-state index contributed by atoms with van der Waals surface area (Å²) in [7, 11) is 0. The molecule has 0 saturated heterocycles. The van der Waals surface area contributed by atoms with Gasteiger partial charge in [-0.25, -0.2) is 0 Å². The topological polar surface area (TPSA) is 38.7 Å². The van der Waals surface area contributed by atoms with Crippen molar-refractivity contribution in [3.05, 3.63) is 237 Å². The van der Waals surface area contributed by atoms with Crippen molar-refractivity contribution < 1.29 is 0 Å². The van der Waals surface area contributed by atoms with Crippen molar-refractivity contribution >= 4 is 64.3 Å². The zero-order valence-electron chi connectivity index (χ0n) is 37.1. The maximum atomic E-state index is 5.05. The first kappa shape index (κ1) is 41.1. The molecule has 13 rings (SSSR count). The molecule has 6 aromatic heterocycles. The number of aromatic nitrogens is 3. The van der Waals surface area contributed by atoms with Gasteiger partial charge in [0, 0.05) is 49.4 Å². The molecule has 0 amide bonds. The summed E-state index contributed by atoms with van der Waals surface area (Å²) in [6, 6.07) is 78.6. The van der Waals surface area contributed by atoms with E-state index in [4.69, 9.17) is 15.0 Å². The Labute approximate surface area is 412 Å². The number of pyridine rings is 3. The summed E-state index contributed by atoms with van der Waals surface area (Å²) >= 11 is 5.34. The molecule has 6 heteroatoms. The molecule has 0 bridgehead atoms. The standard InChI is InChI=1S/C63H39N3S3/c1-10-22-58-40(13-1)34-61(67-58)55-28-25-43(37-64-55)49-16-4-7-19-52(49)46-31-47(53-20-8-5-17-50(53)44-26-29-56(65-38-44)62-35-41-14-2-11-23-59(41)68-62)33-48(32-46)54-21-9-6-18-51(54)45-27-30-57(66-39-45)63-36-42-15-3-12-24-60(42)69-63/h1-39H. The number of rotatable bonds is 9. The van der Waals surface area contributed by atoms with Gasteiger partial charge in [-0.3, -0.25) is 15.0 Å². The first-order valence-corrected chi connectivity index (χ1v) is 25.4. The van der Waals surface area contributed by atoms with Crippen LogP contribution in [-0.4, -0.2) is 15.0 Å². The molecule has 0 saturated carbocycles. The van der Waals surface area contributed by atoms with Crippen LogP contribution < -0.4 is 0 Å². The van der Waals surface area contributed by atoms with Gasteiger partial charge in [0.25, 0.3) is 0 Å². The van der Waals surface area contributed by atoms with Crippen LogP contribution in [0.5, 0.6) is 0 Å². The Morgan fingerprint density at radius 1 is 0.232 bits per heavy atom. The maximum Gasteiger partial charge on any atom is 0.0802 e. The lowest BCUT2D eigenvalue weighted by Crippen LogP contribution is -1.93. The number of benzene rings is 7. The summed E-state index contributed by atoms with van der Waals surface area (Å²) in [4.78, 5) is 18.6. The fraction of sp³-hybridized carbons (Fsp3) is 0. The Hall–Kier alpha value is -8.13. The van der Waals surface area contributed by atoms with Gasteiger partial charge in [0.1, 0.15) is 0 Å². The summed E-state index contributed by atoms with van der Waals surface area (Å²) in [6.07, 6.45) is 6.08. The first-order valence-electron chi connectivity index (χ1n) is 22.9. The molecule has 0 aliphatic heterocycles. The van der Waals surface area contributed by atoms with Gasteiger partial charge >= 0.3 is 0 Å². The van der Waals surface area contributed by atoms with E-state index in [9.17, 15) is 0 Å². The zero-order chi connectivity index (χ0) is 45.7. The summed E-state index contributed by atoms with van der Waals surface area (Å²) in [5.41, 5.74) is 16.3. The first-order chi connectivity index (χ1) is 34.1. The second-order valence-corrected chi connectivity index (χ2v) is 20.4. The van der Waals surface area contributed by atoms with Crippen LogP contribution in [0, 0.1) is 0 Å². The molecule has 324 valence electrons. The number of hydrogen-bond acceptors (Lipinski definition) is 6. The molecule has 3 nitrogen and oxygen atoms in total. The van der Waals surface area contributed by atoms with E-state index < -0.39 is 0 Å². The van der Waals surface area contributed by atoms with E-state index in [1.807, 2.05) is 18.6 Å². The molecule has 0 spiro atoms. The predicted molar refractivity (Wildman–Crippen MR) is 295 cm³/mol. The molecule has 6 heterocycles. The normalized spacial score (nSPS) is 11.5. The Morgan fingerprint density at radius 3 is 0.754 bits per heavy atom. The Bertz CT molecular complexity index is 3480. The third-order valence-electron chi connectivity index (χ3n) is 12.9. The van der Waals surface area contributed by atoms with E-state index in [1.54, 1.807) is 34.0 Å². The maximum absolute atomic E-state index is 5.05. The molecular weight excluding hydrogens is 895 g/mol. The van der Waals surface area contributed by atoms with Crippen LogP contribution in [0.2, 0.25) is 0 Å². The Balaban J connectivity index is 0.927. The van der Waals surface area contributed by atoms with Crippen LogP contribution >= 0.6 is 34.0 Å². The van der Waals surface area contributed by atoms with Gasteiger partial charge in [-0.2, -0.15) is 0 Å². The number of thiophene rings is 3. The van der Waals surface area contributed by atoms with Crippen molar-refractivity contribution in [3.63, 3.8) is 0 Å². The SMILES string of the molecule is c1ccc(-c2cc(-c3ccccc3-c3ccc(-c4cc5ccccc5s4)nc3)cc(-c3ccccc3-c3ccc(-c4cc5ccccc5s4)nc3)c2)c(-c2ccc(-c3cc4ccccc4s3)nc2)c1. The highest BCUT2D eigenvalue weighted by atomic mass is 32.1. The molecule has 0 atom stereocenters. The Kier molecular flexibility index (Phi) is 10.4. The van der Waals surface area contributed by atoms with Crippen LogP contribution in [0.25, 0.3) is 129 Å². The van der Waals surface area contributed by atoms with E-state index in [0.717, 1.165) is 83.8 Å². The number of fused-ring (bicyclic) bond motifs is 3. The largest absolute Gasteiger partial charge is 0.255 e. The average Bonchev–Trinajstić information content (AvgIpc) is 4.19. The van der Waals surface area contributed by atoms with Gasteiger partial charge in [-0.15, -0.1) is 34.0 Å². The smallest absolute Gasteiger partial charge is 0.0802 e. The molecular formula is C63H39N3S3. The van der Waals surface area contributed by atoms with E-state index in [-0.39, 0.29) is 0 Å². The monoisotopic (exact) mass is 933 g/mol. The van der Waals surface area contributed by atoms with Crippen LogP contribution in [0.4, 0.5) is 0 Å². The molecule has 7 aromatic carbocycles. The molecule has 0 unspecified atom stereocenters. The second kappa shape index (κ2) is 17.5. The minimum absolute atomic E-state index is 0.979. The molecule has 0 N–H and O–H groups in total. The molecule has 13 aromatic rings. The van der Waals surface area contributed by atoms with Crippen molar-refractivity contribution in [3.8, 4) is 98.5 Å². The summed E-state index contributed by atoms with van der Waals surface area (Å²) in [6.45, 7) is 0. The van der Waals surface area contributed by atoms with Gasteiger partial charge < -0.3 is 0 Å². The Morgan fingerprint density at radius 2 is 0.493 bits per heavy atom. The lowest BCUT2D eigenvalue weighted by molar-refractivity contribution is 1.34. The highest BCUT2D eigenvalue weighted by Gasteiger charge is 2.18. The third-order valence-corrected chi connectivity index (χ3v) is 16.3. The van der Waals surface area contributed by atoms with Crippen LogP contribution in [0.1, 0.15) is 0 Å². The summed E-state index contributed by atoms with van der Waals surface area (Å²) < 4.78 is 3.80. The molecule has 0 aliphatic carbocycles. The summed E-state index contributed by atoms with van der Waals surface area (Å²) in [5.74, 6) is 0. The molecule has 0 fully saturated rings. The minimum atomic E-state index is 0.979. The minimum Gasteiger partial charge on any atom is -0.255 e. The number of nitrogens with zero attached hydrogens (tertiary/aromatic N) is 3. The van der Waals surface area contributed by atoms with Gasteiger partial charge in [0.15, 0.2) is 0 Å². The van der Waals surface area contributed by atoms with Gasteiger partial charge in [-0.05, 0) is 139 Å². The third kappa shape index (κ3) is 7.84. The van der Waals surface area contributed by atoms with E-state index >= 15 is 0 Å². The van der Waals surface area contributed by atoms with Gasteiger partial charge in [0.2, 0.25) is 0 Å². The lowest BCUT2D eigenvalue weighted by atomic mass is 9.86. The average molecular weight is 934 g/mol. The van der Waals surface area contributed by atoms with E-state index in [2.05, 4.69) is 218 Å². The number of hydrogen-bond donors (Lipinski definition) is 0. The predicted octanol–water partition coefficient (Wildman–Crippen LogP) is 18.5. The lowest BCUT2D eigenvalue weighted by Gasteiger charge is -2.18. The molecule has 0 radical (unpaired) electrons. The van der Waals surface area contributed by atoms with E-state index in [0.29, 0.717) is 0 Å². The van der Waals surface area contributed by atoms with Crippen molar-refractivity contribution in [2.24, 2.45) is 0 Å². The highest BCUT2D eigenvalue weighted by Crippen LogP contribution is 2.43. The van der Waals surface area contributed by atoms with E-state index in [1.165, 1.54) is 44.9 Å². The quantitative estimate of drug-likeness (QED) is 0.145. The molecule has 0 aliphatic rings. The van der Waals surface area contributed by atoms with Gasteiger partial charge in [-0.1, -0.05) is 146 Å². The highest BCUT2D eigenvalue weighted by molar-refractivity contribution is 7.23. The van der Waals surface area contributed by atoms with Crippen molar-refractivity contribution in [2.75, 3.05) is 0 Å². The molecule has 69 heavy (non-hydrogen) atoms. The van der Waals surface area contributed by atoms with Crippen LogP contribution in [-0.2, 0) is 0 Å². The fourth-order valence-electron chi connectivity index (χ4n) is 9.47. The van der Waals surface area contributed by atoms with Crippen molar-refractivity contribution in [1.82, 2.24) is 15.0 Å².